The molecule has 4 heteroatoms. The molecule has 0 unspecified atom stereocenters. The molecule has 15 heavy (non-hydrogen) atoms. The third-order valence-corrected chi connectivity index (χ3v) is 3.59. The molecule has 0 saturated heterocycles. The highest BCUT2D eigenvalue weighted by molar-refractivity contribution is 6.70. The van der Waals surface area contributed by atoms with Crippen molar-refractivity contribution in [3.8, 4) is 0 Å². The van der Waals surface area contributed by atoms with E-state index in [0.717, 1.165) is 18.8 Å². The molecule has 0 aromatic rings. The van der Waals surface area contributed by atoms with Crippen molar-refractivity contribution in [1.82, 2.24) is 0 Å². The molecule has 2 nitrogen and oxygen atoms in total. The van der Waals surface area contributed by atoms with Gasteiger partial charge in [0.15, 0.2) is 8.32 Å². The van der Waals surface area contributed by atoms with E-state index in [2.05, 4.69) is 45.4 Å². The van der Waals surface area contributed by atoms with Gasteiger partial charge in [0.1, 0.15) is 0 Å². The third kappa shape index (κ3) is 10.2. The molecule has 0 atom stereocenters. The van der Waals surface area contributed by atoms with E-state index >= 15 is 0 Å². The smallest absolute Gasteiger partial charge is 0.241 e. The standard InChI is InChI=1S/C11H26O2Si2/c1-8-11(13-15(5,6)7)9-10-12-14(2,3)4/h8H,9-10H2,1-7H3. The van der Waals surface area contributed by atoms with Crippen LogP contribution >= 0.6 is 0 Å². The van der Waals surface area contributed by atoms with E-state index < -0.39 is 16.6 Å². The van der Waals surface area contributed by atoms with Crippen LogP contribution in [0.1, 0.15) is 13.3 Å². The largest absolute Gasteiger partial charge is 0.548 e. The van der Waals surface area contributed by atoms with Gasteiger partial charge in [-0.05, 0) is 46.2 Å². The van der Waals surface area contributed by atoms with Gasteiger partial charge in [-0.2, -0.15) is 0 Å². The summed E-state index contributed by atoms with van der Waals surface area (Å²) in [6, 6.07) is 0. The van der Waals surface area contributed by atoms with Crippen molar-refractivity contribution in [3.05, 3.63) is 11.8 Å². The summed E-state index contributed by atoms with van der Waals surface area (Å²) in [5.41, 5.74) is 0. The van der Waals surface area contributed by atoms with Gasteiger partial charge >= 0.3 is 0 Å². The van der Waals surface area contributed by atoms with Crippen LogP contribution < -0.4 is 0 Å². The van der Waals surface area contributed by atoms with Crippen LogP contribution in [-0.4, -0.2) is 23.2 Å². The van der Waals surface area contributed by atoms with Gasteiger partial charge in [0, 0.05) is 13.0 Å². The van der Waals surface area contributed by atoms with E-state index in [1.807, 2.05) is 6.92 Å². The maximum absolute atomic E-state index is 5.94. The number of rotatable bonds is 6. The molecule has 0 aliphatic rings. The highest BCUT2D eigenvalue weighted by Gasteiger charge is 2.18. The van der Waals surface area contributed by atoms with Crippen molar-refractivity contribution in [2.24, 2.45) is 0 Å². The van der Waals surface area contributed by atoms with Crippen LogP contribution in [0.2, 0.25) is 39.3 Å². The minimum Gasteiger partial charge on any atom is -0.548 e. The lowest BCUT2D eigenvalue weighted by Gasteiger charge is -2.23. The number of allylic oxidation sites excluding steroid dienone is 1. The normalized spacial score (nSPS) is 14.2. The molecule has 0 bridgehead atoms. The minimum absolute atomic E-state index is 0.792. The van der Waals surface area contributed by atoms with E-state index in [0.29, 0.717) is 0 Å². The summed E-state index contributed by atoms with van der Waals surface area (Å²) in [5.74, 6) is 1.09. The van der Waals surface area contributed by atoms with Crippen LogP contribution in [-0.2, 0) is 8.85 Å². The fourth-order valence-electron chi connectivity index (χ4n) is 1.11. The molecule has 0 saturated carbocycles. The van der Waals surface area contributed by atoms with Gasteiger partial charge in [-0.25, -0.2) is 0 Å². The molecule has 0 radical (unpaired) electrons. The first-order valence-electron chi connectivity index (χ1n) is 5.62. The Morgan fingerprint density at radius 2 is 1.53 bits per heavy atom. The van der Waals surface area contributed by atoms with Crippen molar-refractivity contribution in [2.45, 2.75) is 52.6 Å². The molecule has 0 fully saturated rings. The van der Waals surface area contributed by atoms with Crippen molar-refractivity contribution in [2.75, 3.05) is 6.61 Å². The molecular weight excluding hydrogens is 220 g/mol. The van der Waals surface area contributed by atoms with Gasteiger partial charge in [0.25, 0.3) is 0 Å². The summed E-state index contributed by atoms with van der Waals surface area (Å²) in [7, 11) is -2.82. The van der Waals surface area contributed by atoms with Crippen LogP contribution in [0, 0.1) is 0 Å². The molecule has 0 spiro atoms. The molecule has 0 N–H and O–H groups in total. The van der Waals surface area contributed by atoms with E-state index in [1.165, 1.54) is 0 Å². The summed E-state index contributed by atoms with van der Waals surface area (Å²) in [6.45, 7) is 16.1. The topological polar surface area (TPSA) is 18.5 Å². The average Bonchev–Trinajstić information content (AvgIpc) is 1.97. The van der Waals surface area contributed by atoms with Gasteiger partial charge in [-0.3, -0.25) is 0 Å². The second-order valence-corrected chi connectivity index (χ2v) is 14.6. The van der Waals surface area contributed by atoms with Crippen molar-refractivity contribution in [3.63, 3.8) is 0 Å². The second-order valence-electron chi connectivity index (χ2n) is 5.68. The Bertz CT molecular complexity index is 212. The lowest BCUT2D eigenvalue weighted by molar-refractivity contribution is 0.285. The minimum atomic E-state index is -1.45. The van der Waals surface area contributed by atoms with Crippen LogP contribution in [0.3, 0.4) is 0 Å². The molecule has 0 aromatic carbocycles. The molecular formula is C11H26O2Si2. The van der Waals surface area contributed by atoms with Crippen LogP contribution in [0.25, 0.3) is 0 Å². The van der Waals surface area contributed by atoms with Crippen molar-refractivity contribution >= 4 is 16.6 Å². The Labute approximate surface area is 96.9 Å². The summed E-state index contributed by atoms with van der Waals surface area (Å²) >= 11 is 0. The highest BCUT2D eigenvalue weighted by Crippen LogP contribution is 2.14. The molecule has 0 rings (SSSR count). The first-order chi connectivity index (χ1) is 6.64. The number of hydrogen-bond acceptors (Lipinski definition) is 2. The van der Waals surface area contributed by atoms with E-state index in [1.54, 1.807) is 0 Å². The Morgan fingerprint density at radius 1 is 1.00 bits per heavy atom. The lowest BCUT2D eigenvalue weighted by atomic mass is 10.3. The van der Waals surface area contributed by atoms with E-state index in [4.69, 9.17) is 8.85 Å². The molecule has 0 aliphatic heterocycles. The molecule has 90 valence electrons. The SMILES string of the molecule is CC=C(CCO[Si](C)(C)C)O[Si](C)(C)C. The van der Waals surface area contributed by atoms with Gasteiger partial charge in [-0.1, -0.05) is 6.08 Å². The summed E-state index contributed by atoms with van der Waals surface area (Å²) in [5, 5.41) is 0. The van der Waals surface area contributed by atoms with Crippen LogP contribution in [0.4, 0.5) is 0 Å². The second kappa shape index (κ2) is 5.87. The van der Waals surface area contributed by atoms with E-state index in [9.17, 15) is 0 Å². The Hall–Kier alpha value is -0.0662. The first kappa shape index (κ1) is 14.9. The zero-order valence-electron chi connectivity index (χ0n) is 11.3. The predicted octanol–water partition coefficient (Wildman–Crippen LogP) is 3.98. The fraction of sp³-hybridized carbons (Fsp3) is 0.818. The zero-order valence-corrected chi connectivity index (χ0v) is 13.3. The third-order valence-electron chi connectivity index (χ3n) is 1.64. The summed E-state index contributed by atoms with van der Waals surface area (Å²) in [4.78, 5) is 0. The Morgan fingerprint density at radius 3 is 1.87 bits per heavy atom. The Kier molecular flexibility index (Phi) is 5.84. The van der Waals surface area contributed by atoms with Gasteiger partial charge in [-0.15, -0.1) is 0 Å². The highest BCUT2D eigenvalue weighted by atomic mass is 28.4. The summed E-state index contributed by atoms with van der Waals surface area (Å²) < 4.78 is 11.7. The lowest BCUT2D eigenvalue weighted by Crippen LogP contribution is -2.28. The quantitative estimate of drug-likeness (QED) is 0.521. The van der Waals surface area contributed by atoms with Crippen LogP contribution in [0.15, 0.2) is 11.8 Å². The maximum Gasteiger partial charge on any atom is 0.241 e. The molecule has 0 aliphatic carbocycles. The number of hydrogen-bond donors (Lipinski definition) is 0. The molecule has 0 heterocycles. The maximum atomic E-state index is 5.94. The van der Waals surface area contributed by atoms with Crippen LogP contribution in [0.5, 0.6) is 0 Å². The first-order valence-corrected chi connectivity index (χ1v) is 12.4. The van der Waals surface area contributed by atoms with Gasteiger partial charge < -0.3 is 8.85 Å². The van der Waals surface area contributed by atoms with Gasteiger partial charge in [0.05, 0.1) is 5.76 Å². The van der Waals surface area contributed by atoms with Crippen molar-refractivity contribution < 1.29 is 8.85 Å². The zero-order chi connectivity index (χ0) is 12.1. The van der Waals surface area contributed by atoms with Crippen molar-refractivity contribution in [1.29, 1.82) is 0 Å². The van der Waals surface area contributed by atoms with E-state index in [-0.39, 0.29) is 0 Å². The van der Waals surface area contributed by atoms with Gasteiger partial charge in [0.2, 0.25) is 8.32 Å². The molecule has 0 amide bonds. The predicted molar refractivity (Wildman–Crippen MR) is 72.1 cm³/mol. The average molecular weight is 246 g/mol. The Balaban J connectivity index is 3.94. The molecule has 0 aromatic heterocycles. The monoisotopic (exact) mass is 246 g/mol. The fourth-order valence-corrected chi connectivity index (χ4v) is 2.83. The summed E-state index contributed by atoms with van der Waals surface area (Å²) in [6.07, 6.45) is 2.97.